The van der Waals surface area contributed by atoms with Gasteiger partial charge in [0.25, 0.3) is 0 Å². The molecule has 4 nitrogen and oxygen atoms in total. The number of sulfonamides is 1. The summed E-state index contributed by atoms with van der Waals surface area (Å²) >= 11 is 0. The van der Waals surface area contributed by atoms with Crippen molar-refractivity contribution < 1.29 is 8.42 Å². The Balaban J connectivity index is 0.00000242. The van der Waals surface area contributed by atoms with Crippen LogP contribution in [0.15, 0.2) is 47.4 Å². The number of rotatable bonds is 6. The SMILES string of the molecule is CC(C)CC(CN)NS(=O)(=O)c1cccc2ccccc12.Cl. The van der Waals surface area contributed by atoms with E-state index in [1.165, 1.54) is 0 Å². The van der Waals surface area contributed by atoms with E-state index in [-0.39, 0.29) is 18.4 Å². The number of hydrogen-bond acceptors (Lipinski definition) is 3. The minimum Gasteiger partial charge on any atom is -0.329 e. The van der Waals surface area contributed by atoms with Gasteiger partial charge in [-0.3, -0.25) is 0 Å². The van der Waals surface area contributed by atoms with Gasteiger partial charge in [-0.2, -0.15) is 0 Å². The van der Waals surface area contributed by atoms with Gasteiger partial charge in [-0.25, -0.2) is 13.1 Å². The molecule has 2 aromatic carbocycles. The van der Waals surface area contributed by atoms with E-state index in [1.54, 1.807) is 12.1 Å². The molecule has 1 unspecified atom stereocenters. The molecule has 22 heavy (non-hydrogen) atoms. The molecule has 0 heterocycles. The van der Waals surface area contributed by atoms with Crippen LogP contribution in [-0.4, -0.2) is 21.0 Å². The van der Waals surface area contributed by atoms with Gasteiger partial charge in [0, 0.05) is 18.0 Å². The topological polar surface area (TPSA) is 72.2 Å². The molecule has 3 N–H and O–H groups in total. The fourth-order valence-electron chi connectivity index (χ4n) is 2.47. The van der Waals surface area contributed by atoms with E-state index in [0.29, 0.717) is 17.4 Å². The van der Waals surface area contributed by atoms with Gasteiger partial charge in [0.15, 0.2) is 0 Å². The lowest BCUT2D eigenvalue weighted by atomic mass is 10.1. The van der Waals surface area contributed by atoms with Crippen LogP contribution in [0.3, 0.4) is 0 Å². The monoisotopic (exact) mass is 342 g/mol. The second-order valence-corrected chi connectivity index (χ2v) is 7.34. The summed E-state index contributed by atoms with van der Waals surface area (Å²) in [6, 6.07) is 12.5. The summed E-state index contributed by atoms with van der Waals surface area (Å²) in [5, 5.41) is 1.64. The van der Waals surface area contributed by atoms with Gasteiger partial charge < -0.3 is 5.73 Å². The zero-order chi connectivity index (χ0) is 15.5. The average Bonchev–Trinajstić information content (AvgIpc) is 2.45. The van der Waals surface area contributed by atoms with Gasteiger partial charge in [0.2, 0.25) is 10.0 Å². The third-order valence-electron chi connectivity index (χ3n) is 3.40. The van der Waals surface area contributed by atoms with Crippen molar-refractivity contribution >= 4 is 33.2 Å². The molecule has 2 aromatic rings. The van der Waals surface area contributed by atoms with Crippen molar-refractivity contribution in [1.29, 1.82) is 0 Å². The van der Waals surface area contributed by atoms with Crippen LogP contribution in [0.4, 0.5) is 0 Å². The Hall–Kier alpha value is -1.14. The molecule has 0 radical (unpaired) electrons. The van der Waals surface area contributed by atoms with E-state index in [0.717, 1.165) is 17.2 Å². The molecule has 0 aromatic heterocycles. The maximum Gasteiger partial charge on any atom is 0.241 e. The first-order chi connectivity index (χ1) is 9.94. The Bertz CT molecular complexity index is 712. The largest absolute Gasteiger partial charge is 0.329 e. The number of nitrogens with two attached hydrogens (primary N) is 1. The predicted octanol–water partition coefficient (Wildman–Crippen LogP) is 2.91. The highest BCUT2D eigenvalue weighted by Gasteiger charge is 2.21. The Morgan fingerprint density at radius 2 is 1.73 bits per heavy atom. The molecule has 122 valence electrons. The maximum atomic E-state index is 12.6. The zero-order valence-corrected chi connectivity index (χ0v) is 14.5. The molecule has 1 atom stereocenters. The van der Waals surface area contributed by atoms with E-state index in [4.69, 9.17) is 5.73 Å². The molecule has 2 rings (SSSR count). The van der Waals surface area contributed by atoms with Gasteiger partial charge in [-0.15, -0.1) is 12.4 Å². The highest BCUT2D eigenvalue weighted by atomic mass is 35.5. The summed E-state index contributed by atoms with van der Waals surface area (Å²) in [6.45, 7) is 4.39. The lowest BCUT2D eigenvalue weighted by Gasteiger charge is -2.19. The highest BCUT2D eigenvalue weighted by Crippen LogP contribution is 2.23. The lowest BCUT2D eigenvalue weighted by molar-refractivity contribution is 0.465. The van der Waals surface area contributed by atoms with Crippen LogP contribution >= 0.6 is 12.4 Å². The summed E-state index contributed by atoms with van der Waals surface area (Å²) in [4.78, 5) is 0.308. The van der Waals surface area contributed by atoms with Crippen LogP contribution < -0.4 is 10.5 Å². The van der Waals surface area contributed by atoms with E-state index >= 15 is 0 Å². The Kier molecular flexibility index (Phi) is 6.81. The average molecular weight is 343 g/mol. The van der Waals surface area contributed by atoms with E-state index < -0.39 is 10.0 Å². The number of benzene rings is 2. The summed E-state index contributed by atoms with van der Waals surface area (Å²) in [5.74, 6) is 0.383. The smallest absolute Gasteiger partial charge is 0.241 e. The molecule has 0 aliphatic heterocycles. The first-order valence-electron chi connectivity index (χ1n) is 7.14. The number of fused-ring (bicyclic) bond motifs is 1. The molecule has 0 amide bonds. The van der Waals surface area contributed by atoms with Crippen LogP contribution in [0.2, 0.25) is 0 Å². The van der Waals surface area contributed by atoms with Crippen molar-refractivity contribution in [3.8, 4) is 0 Å². The van der Waals surface area contributed by atoms with E-state index in [1.807, 2.05) is 30.3 Å². The molecule has 0 aliphatic carbocycles. The fourth-order valence-corrected chi connectivity index (χ4v) is 3.97. The third-order valence-corrected chi connectivity index (χ3v) is 4.98. The first kappa shape index (κ1) is 18.9. The van der Waals surface area contributed by atoms with Gasteiger partial charge in [0.1, 0.15) is 0 Å². The Labute approximate surface area is 138 Å². The normalized spacial score (nSPS) is 13.1. The van der Waals surface area contributed by atoms with Gasteiger partial charge >= 0.3 is 0 Å². The predicted molar refractivity (Wildman–Crippen MR) is 93.8 cm³/mol. The molecular weight excluding hydrogens is 320 g/mol. The summed E-state index contributed by atoms with van der Waals surface area (Å²) in [7, 11) is -3.57. The van der Waals surface area contributed by atoms with Gasteiger partial charge in [-0.1, -0.05) is 50.2 Å². The summed E-state index contributed by atoms with van der Waals surface area (Å²) < 4.78 is 28.0. The molecule has 0 aliphatic rings. The number of halogens is 1. The van der Waals surface area contributed by atoms with Crippen LogP contribution in [0.25, 0.3) is 10.8 Å². The highest BCUT2D eigenvalue weighted by molar-refractivity contribution is 7.89. The molecule has 0 spiro atoms. The second kappa shape index (κ2) is 7.92. The van der Waals surface area contributed by atoms with Crippen molar-refractivity contribution in [2.24, 2.45) is 11.7 Å². The number of hydrogen-bond donors (Lipinski definition) is 2. The molecule has 0 saturated heterocycles. The van der Waals surface area contributed by atoms with Gasteiger partial charge in [-0.05, 0) is 23.8 Å². The molecule has 0 saturated carbocycles. The molecule has 0 fully saturated rings. The van der Waals surface area contributed by atoms with Crippen molar-refractivity contribution in [1.82, 2.24) is 4.72 Å². The van der Waals surface area contributed by atoms with Crippen LogP contribution in [0, 0.1) is 5.92 Å². The minimum atomic E-state index is -3.57. The summed E-state index contributed by atoms with van der Waals surface area (Å²) in [5.41, 5.74) is 5.69. The van der Waals surface area contributed by atoms with Crippen molar-refractivity contribution in [3.63, 3.8) is 0 Å². The van der Waals surface area contributed by atoms with Crippen molar-refractivity contribution in [3.05, 3.63) is 42.5 Å². The molecule has 6 heteroatoms. The van der Waals surface area contributed by atoms with E-state index in [9.17, 15) is 8.42 Å². The first-order valence-corrected chi connectivity index (χ1v) is 8.62. The van der Waals surface area contributed by atoms with Crippen LogP contribution in [-0.2, 0) is 10.0 Å². The van der Waals surface area contributed by atoms with Crippen LogP contribution in [0.1, 0.15) is 20.3 Å². The standard InChI is InChI=1S/C16H22N2O2S.ClH/c1-12(2)10-14(11-17)18-21(19,20)16-9-5-7-13-6-3-4-8-15(13)16;/h3-9,12,14,18H,10-11,17H2,1-2H3;1H. The second-order valence-electron chi connectivity index (χ2n) is 5.66. The fraction of sp³-hybridized carbons (Fsp3) is 0.375. The van der Waals surface area contributed by atoms with Crippen molar-refractivity contribution in [2.45, 2.75) is 31.2 Å². The minimum absolute atomic E-state index is 0. The Morgan fingerprint density at radius 3 is 2.36 bits per heavy atom. The number of nitrogens with one attached hydrogen (secondary N) is 1. The molecular formula is C16H23ClN2O2S. The molecule has 0 bridgehead atoms. The van der Waals surface area contributed by atoms with Crippen molar-refractivity contribution in [2.75, 3.05) is 6.54 Å². The Morgan fingerprint density at radius 1 is 1.09 bits per heavy atom. The zero-order valence-electron chi connectivity index (χ0n) is 12.8. The van der Waals surface area contributed by atoms with Gasteiger partial charge in [0.05, 0.1) is 4.90 Å². The maximum absolute atomic E-state index is 12.6. The van der Waals surface area contributed by atoms with E-state index in [2.05, 4.69) is 18.6 Å². The quantitative estimate of drug-likeness (QED) is 0.847. The third kappa shape index (κ3) is 4.43. The van der Waals surface area contributed by atoms with Crippen LogP contribution in [0.5, 0.6) is 0 Å². The summed E-state index contributed by atoms with van der Waals surface area (Å²) in [6.07, 6.45) is 0.723. The lowest BCUT2D eigenvalue weighted by Crippen LogP contribution is -2.41.